The summed E-state index contributed by atoms with van der Waals surface area (Å²) in [5, 5.41) is 8.54. The molecule has 3 nitrogen and oxygen atoms in total. The first-order chi connectivity index (χ1) is 8.26. The van der Waals surface area contributed by atoms with Crippen LogP contribution >= 0.6 is 0 Å². The van der Waals surface area contributed by atoms with Gasteiger partial charge in [0.05, 0.1) is 17.1 Å². The summed E-state index contributed by atoms with van der Waals surface area (Å²) in [5.74, 6) is -0.988. The van der Waals surface area contributed by atoms with E-state index in [0.717, 1.165) is 12.1 Å². The molecule has 0 aliphatic carbocycles. The molecule has 0 aromatic heterocycles. The van der Waals surface area contributed by atoms with Crippen LogP contribution in [0.25, 0.3) is 0 Å². The number of hydrogen-bond acceptors (Lipinski definition) is 3. The van der Waals surface area contributed by atoms with E-state index in [1.165, 1.54) is 12.1 Å². The Kier molecular flexibility index (Phi) is 4.75. The summed E-state index contributed by atoms with van der Waals surface area (Å²) < 4.78 is 61.0. The maximum atomic E-state index is 12.6. The number of rotatable bonds is 5. The predicted octanol–water partition coefficient (Wildman–Crippen LogP) is 2.00. The van der Waals surface area contributed by atoms with Gasteiger partial charge in [-0.1, -0.05) is 18.2 Å². The zero-order chi connectivity index (χ0) is 13.8. The van der Waals surface area contributed by atoms with E-state index in [9.17, 15) is 21.6 Å². The quantitative estimate of drug-likeness (QED) is 0.898. The zero-order valence-corrected chi connectivity index (χ0v) is 10.3. The van der Waals surface area contributed by atoms with Gasteiger partial charge >= 0.3 is 6.18 Å². The highest BCUT2D eigenvalue weighted by Gasteiger charge is 2.33. The maximum absolute atomic E-state index is 12.6. The average Bonchev–Trinajstić information content (AvgIpc) is 2.25. The van der Waals surface area contributed by atoms with Gasteiger partial charge in [-0.15, -0.1) is 0 Å². The van der Waals surface area contributed by atoms with E-state index in [2.05, 4.69) is 0 Å². The summed E-state index contributed by atoms with van der Waals surface area (Å²) in [6, 6.07) is 4.59. The fourth-order valence-corrected chi connectivity index (χ4v) is 2.96. The second-order valence-electron chi connectivity index (χ2n) is 3.82. The highest BCUT2D eigenvalue weighted by atomic mass is 32.2. The summed E-state index contributed by atoms with van der Waals surface area (Å²) >= 11 is 0. The topological polar surface area (TPSA) is 54.4 Å². The molecule has 0 spiro atoms. The lowest BCUT2D eigenvalue weighted by Gasteiger charge is -2.12. The minimum absolute atomic E-state index is 0.0243. The minimum atomic E-state index is -4.57. The van der Waals surface area contributed by atoms with Crippen LogP contribution < -0.4 is 0 Å². The van der Waals surface area contributed by atoms with Gasteiger partial charge in [-0.3, -0.25) is 0 Å². The van der Waals surface area contributed by atoms with Gasteiger partial charge in [0.15, 0.2) is 9.84 Å². The largest absolute Gasteiger partial charge is 0.416 e. The Balaban J connectivity index is 2.98. The molecule has 0 radical (unpaired) electrons. The summed E-state index contributed by atoms with van der Waals surface area (Å²) in [4.78, 5) is 0. The van der Waals surface area contributed by atoms with Gasteiger partial charge in [-0.2, -0.15) is 13.2 Å². The molecule has 0 atom stereocenters. The predicted molar refractivity (Wildman–Crippen MR) is 60.6 cm³/mol. The molecule has 1 aromatic rings. The van der Waals surface area contributed by atoms with Gasteiger partial charge < -0.3 is 5.11 Å². The van der Waals surface area contributed by atoms with E-state index in [1.807, 2.05) is 0 Å². The molecule has 7 heteroatoms. The summed E-state index contributed by atoms with van der Waals surface area (Å²) in [6.45, 7) is -0.305. The van der Waals surface area contributed by atoms with Crippen molar-refractivity contribution >= 4 is 9.84 Å². The molecule has 0 bridgehead atoms. The summed E-state index contributed by atoms with van der Waals surface area (Å²) in [5.41, 5.74) is -1.19. The molecular weight excluding hydrogens is 269 g/mol. The van der Waals surface area contributed by atoms with Crippen LogP contribution in [0.4, 0.5) is 13.2 Å². The highest BCUT2D eigenvalue weighted by Crippen LogP contribution is 2.32. The second kappa shape index (κ2) is 5.71. The molecule has 0 aliphatic heterocycles. The van der Waals surface area contributed by atoms with Gasteiger partial charge in [-0.25, -0.2) is 8.42 Å². The number of halogens is 3. The number of sulfone groups is 1. The van der Waals surface area contributed by atoms with E-state index in [0.29, 0.717) is 0 Å². The Morgan fingerprint density at radius 2 is 1.78 bits per heavy atom. The lowest BCUT2D eigenvalue weighted by Crippen LogP contribution is -2.15. The molecule has 0 amide bonds. The van der Waals surface area contributed by atoms with Crippen molar-refractivity contribution in [2.45, 2.75) is 18.3 Å². The molecule has 1 N–H and O–H groups in total. The summed E-state index contributed by atoms with van der Waals surface area (Å²) in [6.07, 6.45) is -4.54. The van der Waals surface area contributed by atoms with Crippen molar-refractivity contribution in [1.29, 1.82) is 0 Å². The lowest BCUT2D eigenvalue weighted by atomic mass is 10.1. The molecule has 0 saturated carbocycles. The molecule has 0 aliphatic rings. The number of benzene rings is 1. The van der Waals surface area contributed by atoms with Gasteiger partial charge in [0.1, 0.15) is 0 Å². The minimum Gasteiger partial charge on any atom is -0.396 e. The van der Waals surface area contributed by atoms with Crippen molar-refractivity contribution in [2.75, 3.05) is 12.4 Å². The monoisotopic (exact) mass is 282 g/mol. The lowest BCUT2D eigenvalue weighted by molar-refractivity contribution is -0.138. The zero-order valence-electron chi connectivity index (χ0n) is 9.44. The third kappa shape index (κ3) is 4.30. The number of aliphatic hydroxyl groups excluding tert-OH is 1. The molecular formula is C11H13F3O3S. The van der Waals surface area contributed by atoms with Gasteiger partial charge in [-0.05, 0) is 18.1 Å². The van der Waals surface area contributed by atoms with E-state index < -0.39 is 27.3 Å². The first-order valence-electron chi connectivity index (χ1n) is 5.22. The molecule has 0 saturated heterocycles. The smallest absolute Gasteiger partial charge is 0.396 e. The van der Waals surface area contributed by atoms with Crippen molar-refractivity contribution in [3.05, 3.63) is 35.4 Å². The van der Waals surface area contributed by atoms with Crippen LogP contribution in [0.15, 0.2) is 24.3 Å². The maximum Gasteiger partial charge on any atom is 0.416 e. The van der Waals surface area contributed by atoms with Crippen LogP contribution in [0.3, 0.4) is 0 Å². The van der Waals surface area contributed by atoms with Crippen LogP contribution in [-0.4, -0.2) is 25.9 Å². The van der Waals surface area contributed by atoms with Crippen molar-refractivity contribution in [1.82, 2.24) is 0 Å². The van der Waals surface area contributed by atoms with Crippen molar-refractivity contribution < 1.29 is 26.7 Å². The van der Waals surface area contributed by atoms with Crippen LogP contribution in [-0.2, 0) is 21.8 Å². The molecule has 18 heavy (non-hydrogen) atoms. The Hall–Kier alpha value is -1.08. The Morgan fingerprint density at radius 1 is 1.17 bits per heavy atom. The third-order valence-corrected chi connectivity index (χ3v) is 3.97. The second-order valence-corrected chi connectivity index (χ2v) is 6.01. The van der Waals surface area contributed by atoms with Crippen molar-refractivity contribution in [2.24, 2.45) is 0 Å². The Morgan fingerprint density at radius 3 is 2.33 bits per heavy atom. The number of alkyl halides is 3. The molecule has 0 heterocycles. The third-order valence-electron chi connectivity index (χ3n) is 2.31. The van der Waals surface area contributed by atoms with Crippen LogP contribution in [0.2, 0.25) is 0 Å². The van der Waals surface area contributed by atoms with E-state index in [4.69, 9.17) is 5.11 Å². The van der Waals surface area contributed by atoms with Crippen LogP contribution in [0.1, 0.15) is 17.5 Å². The number of aliphatic hydroxyl groups is 1. The molecule has 1 aromatic carbocycles. The van der Waals surface area contributed by atoms with Crippen molar-refractivity contribution in [3.8, 4) is 0 Å². The van der Waals surface area contributed by atoms with Crippen molar-refractivity contribution in [3.63, 3.8) is 0 Å². The van der Waals surface area contributed by atoms with Crippen LogP contribution in [0.5, 0.6) is 0 Å². The molecule has 1 rings (SSSR count). The summed E-state index contributed by atoms with van der Waals surface area (Å²) in [7, 11) is -3.64. The molecule has 0 fully saturated rings. The van der Waals surface area contributed by atoms with Gasteiger partial charge in [0.25, 0.3) is 0 Å². The van der Waals surface area contributed by atoms with E-state index >= 15 is 0 Å². The highest BCUT2D eigenvalue weighted by molar-refractivity contribution is 7.90. The first-order valence-corrected chi connectivity index (χ1v) is 7.05. The fourth-order valence-electron chi connectivity index (χ4n) is 1.52. The fraction of sp³-hybridized carbons (Fsp3) is 0.455. The Labute approximate surface area is 103 Å². The SMILES string of the molecule is O=S(=O)(CCCO)Cc1ccccc1C(F)(F)F. The van der Waals surface area contributed by atoms with Gasteiger partial charge in [0.2, 0.25) is 0 Å². The van der Waals surface area contributed by atoms with E-state index in [-0.39, 0.29) is 24.3 Å². The van der Waals surface area contributed by atoms with Crippen LogP contribution in [0, 0.1) is 0 Å². The molecule has 0 unspecified atom stereocenters. The average molecular weight is 282 g/mol. The standard InChI is InChI=1S/C11H13F3O3S/c12-11(13,14)10-5-2-1-4-9(10)8-18(16,17)7-3-6-15/h1-2,4-5,15H,3,6-8H2. The number of hydrogen-bond donors (Lipinski definition) is 1. The Bertz CT molecular complexity index is 495. The normalized spacial score (nSPS) is 12.7. The van der Waals surface area contributed by atoms with Gasteiger partial charge in [0, 0.05) is 6.61 Å². The van der Waals surface area contributed by atoms with E-state index in [1.54, 1.807) is 0 Å². The molecule has 102 valence electrons. The first kappa shape index (κ1) is 15.0.